The van der Waals surface area contributed by atoms with Crippen molar-refractivity contribution in [2.75, 3.05) is 0 Å². The lowest BCUT2D eigenvalue weighted by atomic mass is 10.1. The van der Waals surface area contributed by atoms with Crippen molar-refractivity contribution in [2.24, 2.45) is 7.05 Å². The van der Waals surface area contributed by atoms with Crippen LogP contribution in [0, 0.1) is 6.92 Å². The Morgan fingerprint density at radius 2 is 2.04 bits per heavy atom. The van der Waals surface area contributed by atoms with Crippen LogP contribution in [0.1, 0.15) is 21.5 Å². The average molecular weight is 306 g/mol. The highest BCUT2D eigenvalue weighted by Crippen LogP contribution is 2.20. The summed E-state index contributed by atoms with van der Waals surface area (Å²) in [5.74, 6) is -0.0795. The molecule has 0 bridgehead atoms. The average Bonchev–Trinajstić information content (AvgIpc) is 2.99. The van der Waals surface area contributed by atoms with Crippen LogP contribution in [0.15, 0.2) is 55.0 Å². The highest BCUT2D eigenvalue weighted by Gasteiger charge is 2.11. The molecule has 0 aliphatic carbocycles. The number of hydrogen-bond donors (Lipinski definition) is 1. The van der Waals surface area contributed by atoms with Crippen molar-refractivity contribution in [3.05, 3.63) is 71.7 Å². The molecule has 0 radical (unpaired) electrons. The standard InChI is InChI=1S/C18H18N4O/c1-13-6-3-4-8-16(13)18(23)20-10-14-7-5-9-19-17(14)15-11-21-22(2)12-15/h3-9,11-12H,10H2,1-2H3,(H,20,23). The summed E-state index contributed by atoms with van der Waals surface area (Å²) in [5, 5.41) is 7.14. The van der Waals surface area contributed by atoms with Crippen LogP contribution in [0.25, 0.3) is 11.3 Å². The number of carbonyl (C=O) groups excluding carboxylic acids is 1. The second-order valence-electron chi connectivity index (χ2n) is 5.41. The minimum absolute atomic E-state index is 0.0795. The van der Waals surface area contributed by atoms with E-state index in [4.69, 9.17) is 0 Å². The maximum absolute atomic E-state index is 12.3. The Labute approximate surface area is 135 Å². The molecule has 0 spiro atoms. The van der Waals surface area contributed by atoms with Gasteiger partial charge in [0.1, 0.15) is 0 Å². The molecule has 0 fully saturated rings. The van der Waals surface area contributed by atoms with Gasteiger partial charge in [-0.25, -0.2) is 0 Å². The maximum Gasteiger partial charge on any atom is 0.251 e. The molecule has 2 heterocycles. The molecule has 0 saturated heterocycles. The number of pyridine rings is 1. The summed E-state index contributed by atoms with van der Waals surface area (Å²) in [5.41, 5.74) is 4.39. The first-order valence-electron chi connectivity index (χ1n) is 7.42. The van der Waals surface area contributed by atoms with Gasteiger partial charge < -0.3 is 5.32 Å². The Balaban J connectivity index is 1.79. The van der Waals surface area contributed by atoms with Gasteiger partial charge in [0.25, 0.3) is 5.91 Å². The Morgan fingerprint density at radius 3 is 2.78 bits per heavy atom. The van der Waals surface area contributed by atoms with Crippen LogP contribution < -0.4 is 5.32 Å². The number of amides is 1. The van der Waals surface area contributed by atoms with Crippen LogP contribution in [0.4, 0.5) is 0 Å². The lowest BCUT2D eigenvalue weighted by Crippen LogP contribution is -2.24. The molecule has 5 heteroatoms. The van der Waals surface area contributed by atoms with Gasteiger partial charge in [-0.15, -0.1) is 0 Å². The zero-order chi connectivity index (χ0) is 16.2. The second kappa shape index (κ2) is 6.44. The molecule has 2 aromatic heterocycles. The second-order valence-corrected chi connectivity index (χ2v) is 5.41. The predicted octanol–water partition coefficient (Wildman–Crippen LogP) is 2.72. The molecule has 1 aromatic carbocycles. The molecular weight excluding hydrogens is 288 g/mol. The normalized spacial score (nSPS) is 10.5. The third kappa shape index (κ3) is 3.29. The van der Waals surface area contributed by atoms with Crippen LogP contribution >= 0.6 is 0 Å². The summed E-state index contributed by atoms with van der Waals surface area (Å²) in [7, 11) is 1.87. The number of nitrogens with zero attached hydrogens (tertiary/aromatic N) is 3. The molecule has 23 heavy (non-hydrogen) atoms. The first-order valence-corrected chi connectivity index (χ1v) is 7.42. The van der Waals surface area contributed by atoms with Crippen LogP contribution in [-0.2, 0) is 13.6 Å². The van der Waals surface area contributed by atoms with Crippen molar-refractivity contribution >= 4 is 5.91 Å². The van der Waals surface area contributed by atoms with E-state index in [1.165, 1.54) is 0 Å². The highest BCUT2D eigenvalue weighted by molar-refractivity contribution is 5.95. The molecule has 0 aliphatic rings. The minimum atomic E-state index is -0.0795. The summed E-state index contributed by atoms with van der Waals surface area (Å²) in [6.07, 6.45) is 5.43. The van der Waals surface area contributed by atoms with Gasteiger partial charge in [-0.2, -0.15) is 5.10 Å². The highest BCUT2D eigenvalue weighted by atomic mass is 16.1. The summed E-state index contributed by atoms with van der Waals surface area (Å²) in [6.45, 7) is 2.35. The zero-order valence-corrected chi connectivity index (χ0v) is 13.2. The fraction of sp³-hybridized carbons (Fsp3) is 0.167. The van der Waals surface area contributed by atoms with Crippen molar-refractivity contribution in [1.82, 2.24) is 20.1 Å². The van der Waals surface area contributed by atoms with E-state index < -0.39 is 0 Å². The zero-order valence-electron chi connectivity index (χ0n) is 13.2. The van der Waals surface area contributed by atoms with E-state index >= 15 is 0 Å². The molecule has 1 amide bonds. The Kier molecular flexibility index (Phi) is 4.19. The molecule has 1 N–H and O–H groups in total. The summed E-state index contributed by atoms with van der Waals surface area (Å²) in [6, 6.07) is 11.4. The van der Waals surface area contributed by atoms with Gasteiger partial charge in [0.05, 0.1) is 11.9 Å². The minimum Gasteiger partial charge on any atom is -0.348 e. The third-order valence-corrected chi connectivity index (χ3v) is 3.70. The van der Waals surface area contributed by atoms with Gasteiger partial charge in [-0.3, -0.25) is 14.5 Å². The van der Waals surface area contributed by atoms with Crippen molar-refractivity contribution in [1.29, 1.82) is 0 Å². The number of hydrogen-bond acceptors (Lipinski definition) is 3. The fourth-order valence-corrected chi connectivity index (χ4v) is 2.48. The van der Waals surface area contributed by atoms with Crippen LogP contribution in [0.5, 0.6) is 0 Å². The smallest absolute Gasteiger partial charge is 0.251 e. The van der Waals surface area contributed by atoms with E-state index in [1.54, 1.807) is 17.1 Å². The number of aromatic nitrogens is 3. The topological polar surface area (TPSA) is 59.8 Å². The molecule has 5 nitrogen and oxygen atoms in total. The first-order chi connectivity index (χ1) is 11.1. The SMILES string of the molecule is Cc1ccccc1C(=O)NCc1cccnc1-c1cnn(C)c1. The number of rotatable bonds is 4. The molecule has 0 aliphatic heterocycles. The van der Waals surface area contributed by atoms with E-state index in [-0.39, 0.29) is 5.91 Å². The van der Waals surface area contributed by atoms with Crippen molar-refractivity contribution in [2.45, 2.75) is 13.5 Å². The molecular formula is C18H18N4O. The van der Waals surface area contributed by atoms with E-state index in [9.17, 15) is 4.79 Å². The van der Waals surface area contributed by atoms with Crippen molar-refractivity contribution in [3.63, 3.8) is 0 Å². The Bertz CT molecular complexity index is 838. The summed E-state index contributed by atoms with van der Waals surface area (Å²) < 4.78 is 1.74. The van der Waals surface area contributed by atoms with Crippen molar-refractivity contribution in [3.8, 4) is 11.3 Å². The summed E-state index contributed by atoms with van der Waals surface area (Å²) >= 11 is 0. The first kappa shape index (κ1) is 15.0. The van der Waals surface area contributed by atoms with Crippen molar-refractivity contribution < 1.29 is 4.79 Å². The van der Waals surface area contributed by atoms with Gasteiger partial charge in [0, 0.05) is 37.1 Å². The predicted molar refractivity (Wildman–Crippen MR) is 88.8 cm³/mol. The van der Waals surface area contributed by atoms with Gasteiger partial charge in [0.15, 0.2) is 0 Å². The largest absolute Gasteiger partial charge is 0.348 e. The van der Waals surface area contributed by atoms with Gasteiger partial charge >= 0.3 is 0 Å². The van der Waals surface area contributed by atoms with Crippen LogP contribution in [-0.4, -0.2) is 20.7 Å². The van der Waals surface area contributed by atoms with Crippen LogP contribution in [0.2, 0.25) is 0 Å². The van der Waals surface area contributed by atoms with Crippen LogP contribution in [0.3, 0.4) is 0 Å². The molecule has 0 atom stereocenters. The lowest BCUT2D eigenvalue weighted by Gasteiger charge is -2.10. The number of carbonyl (C=O) groups is 1. The van der Waals surface area contributed by atoms with E-state index in [2.05, 4.69) is 15.4 Å². The van der Waals surface area contributed by atoms with Gasteiger partial charge in [-0.05, 0) is 30.2 Å². The van der Waals surface area contributed by atoms with E-state index in [1.807, 2.05) is 56.6 Å². The van der Waals surface area contributed by atoms with E-state index in [0.29, 0.717) is 12.1 Å². The molecule has 0 saturated carbocycles. The monoisotopic (exact) mass is 306 g/mol. The Hall–Kier alpha value is -2.95. The number of aryl methyl sites for hydroxylation is 2. The molecule has 0 unspecified atom stereocenters. The third-order valence-electron chi connectivity index (χ3n) is 3.70. The quantitative estimate of drug-likeness (QED) is 0.806. The molecule has 3 rings (SSSR count). The van der Waals surface area contributed by atoms with Gasteiger partial charge in [0.2, 0.25) is 0 Å². The fourth-order valence-electron chi connectivity index (χ4n) is 2.48. The number of nitrogens with one attached hydrogen (secondary N) is 1. The molecule has 116 valence electrons. The maximum atomic E-state index is 12.3. The molecule has 3 aromatic rings. The summed E-state index contributed by atoms with van der Waals surface area (Å²) in [4.78, 5) is 16.8. The Morgan fingerprint density at radius 1 is 1.22 bits per heavy atom. The van der Waals surface area contributed by atoms with Gasteiger partial charge in [-0.1, -0.05) is 24.3 Å². The lowest BCUT2D eigenvalue weighted by molar-refractivity contribution is 0.0950. The number of benzene rings is 1. The van der Waals surface area contributed by atoms with E-state index in [0.717, 1.165) is 22.4 Å².